The quantitative estimate of drug-likeness (QED) is 0.417. The molecule has 0 aromatic carbocycles. The van der Waals surface area contributed by atoms with E-state index in [-0.39, 0.29) is 19.1 Å². The standard InChI is InChI=1S/C8H17NO4/c1-9(7-8(11)12-2)3-5-13-6-4-10/h10H,3-7H2,1-2H3. The van der Waals surface area contributed by atoms with Crippen molar-refractivity contribution in [3.63, 3.8) is 0 Å². The third kappa shape index (κ3) is 7.70. The number of esters is 1. The molecule has 0 fully saturated rings. The Morgan fingerprint density at radius 3 is 2.69 bits per heavy atom. The van der Waals surface area contributed by atoms with E-state index in [9.17, 15) is 4.79 Å². The lowest BCUT2D eigenvalue weighted by Crippen LogP contribution is -2.30. The van der Waals surface area contributed by atoms with Crippen LogP contribution >= 0.6 is 0 Å². The van der Waals surface area contributed by atoms with Gasteiger partial charge in [-0.05, 0) is 7.05 Å². The Balaban J connectivity index is 3.29. The summed E-state index contributed by atoms with van der Waals surface area (Å²) in [5.41, 5.74) is 0. The molecule has 0 saturated carbocycles. The number of aliphatic hydroxyl groups excluding tert-OH is 1. The van der Waals surface area contributed by atoms with Gasteiger partial charge in [0.1, 0.15) is 0 Å². The molecule has 13 heavy (non-hydrogen) atoms. The molecule has 0 aliphatic rings. The minimum absolute atomic E-state index is 0.0285. The maximum absolute atomic E-state index is 10.8. The highest BCUT2D eigenvalue weighted by molar-refractivity contribution is 5.71. The van der Waals surface area contributed by atoms with Crippen molar-refractivity contribution in [3.05, 3.63) is 0 Å². The second kappa shape index (κ2) is 7.97. The van der Waals surface area contributed by atoms with Gasteiger partial charge in [0.25, 0.3) is 0 Å². The Hall–Kier alpha value is -0.650. The van der Waals surface area contributed by atoms with Crippen molar-refractivity contribution < 1.29 is 19.4 Å². The fraction of sp³-hybridized carbons (Fsp3) is 0.875. The third-order valence-corrected chi connectivity index (χ3v) is 1.48. The second-order valence-electron chi connectivity index (χ2n) is 2.65. The van der Waals surface area contributed by atoms with Gasteiger partial charge in [0.05, 0.1) is 33.5 Å². The van der Waals surface area contributed by atoms with E-state index in [1.807, 2.05) is 0 Å². The van der Waals surface area contributed by atoms with Crippen molar-refractivity contribution >= 4 is 5.97 Å². The van der Waals surface area contributed by atoms with Crippen LogP contribution in [0.3, 0.4) is 0 Å². The van der Waals surface area contributed by atoms with E-state index >= 15 is 0 Å². The van der Waals surface area contributed by atoms with E-state index in [0.29, 0.717) is 19.8 Å². The van der Waals surface area contributed by atoms with Crippen molar-refractivity contribution in [1.82, 2.24) is 4.90 Å². The van der Waals surface area contributed by atoms with Gasteiger partial charge in [0.2, 0.25) is 0 Å². The molecule has 78 valence electrons. The van der Waals surface area contributed by atoms with Crippen LogP contribution in [0.25, 0.3) is 0 Å². The average molecular weight is 191 g/mol. The number of hydrogen-bond acceptors (Lipinski definition) is 5. The van der Waals surface area contributed by atoms with E-state index in [2.05, 4.69) is 4.74 Å². The predicted molar refractivity (Wildman–Crippen MR) is 47.4 cm³/mol. The summed E-state index contributed by atoms with van der Waals surface area (Å²) in [7, 11) is 3.16. The normalized spacial score (nSPS) is 10.5. The topological polar surface area (TPSA) is 59.0 Å². The number of nitrogens with zero attached hydrogens (tertiary/aromatic N) is 1. The monoisotopic (exact) mass is 191 g/mol. The first-order chi connectivity index (χ1) is 6.20. The third-order valence-electron chi connectivity index (χ3n) is 1.48. The van der Waals surface area contributed by atoms with Gasteiger partial charge >= 0.3 is 5.97 Å². The van der Waals surface area contributed by atoms with Crippen molar-refractivity contribution in [1.29, 1.82) is 0 Å². The predicted octanol–water partition coefficient (Wildman–Crippen LogP) is -0.900. The highest BCUT2D eigenvalue weighted by Crippen LogP contribution is 1.85. The zero-order chi connectivity index (χ0) is 10.1. The first-order valence-electron chi connectivity index (χ1n) is 4.14. The fourth-order valence-corrected chi connectivity index (χ4v) is 0.751. The Bertz CT molecular complexity index is 140. The molecule has 5 heteroatoms. The number of ether oxygens (including phenoxy) is 2. The van der Waals surface area contributed by atoms with Gasteiger partial charge in [0, 0.05) is 6.54 Å². The summed E-state index contributed by atoms with van der Waals surface area (Å²) < 4.78 is 9.51. The van der Waals surface area contributed by atoms with E-state index in [0.717, 1.165) is 0 Å². The first-order valence-corrected chi connectivity index (χ1v) is 4.14. The summed E-state index contributed by atoms with van der Waals surface area (Å²) in [4.78, 5) is 12.6. The Morgan fingerprint density at radius 2 is 2.15 bits per heavy atom. The molecule has 0 heterocycles. The zero-order valence-electron chi connectivity index (χ0n) is 8.15. The van der Waals surface area contributed by atoms with E-state index in [1.54, 1.807) is 11.9 Å². The SMILES string of the molecule is COC(=O)CN(C)CCOCCO. The van der Waals surface area contributed by atoms with Crippen LogP contribution in [0.1, 0.15) is 0 Å². The number of aliphatic hydroxyl groups is 1. The van der Waals surface area contributed by atoms with Gasteiger partial charge in [-0.1, -0.05) is 0 Å². The number of methoxy groups -OCH3 is 1. The molecule has 0 aromatic heterocycles. The zero-order valence-corrected chi connectivity index (χ0v) is 8.15. The highest BCUT2D eigenvalue weighted by atomic mass is 16.5. The van der Waals surface area contributed by atoms with Crippen LogP contribution in [0, 0.1) is 0 Å². The summed E-state index contributed by atoms with van der Waals surface area (Å²) in [5, 5.41) is 8.40. The van der Waals surface area contributed by atoms with Gasteiger partial charge < -0.3 is 14.6 Å². The van der Waals surface area contributed by atoms with Gasteiger partial charge in [0.15, 0.2) is 0 Å². The van der Waals surface area contributed by atoms with E-state index in [1.165, 1.54) is 7.11 Å². The van der Waals surface area contributed by atoms with Crippen LogP contribution in [-0.4, -0.2) is 63.0 Å². The molecule has 0 amide bonds. The van der Waals surface area contributed by atoms with Crippen molar-refractivity contribution in [2.45, 2.75) is 0 Å². The van der Waals surface area contributed by atoms with Gasteiger partial charge in [-0.3, -0.25) is 9.69 Å². The van der Waals surface area contributed by atoms with Crippen molar-refractivity contribution in [2.75, 3.05) is 47.1 Å². The lowest BCUT2D eigenvalue weighted by molar-refractivity contribution is -0.141. The van der Waals surface area contributed by atoms with Crippen LogP contribution in [0.2, 0.25) is 0 Å². The number of hydrogen-bond donors (Lipinski definition) is 1. The van der Waals surface area contributed by atoms with Gasteiger partial charge in [-0.15, -0.1) is 0 Å². The fourth-order valence-electron chi connectivity index (χ4n) is 0.751. The lowest BCUT2D eigenvalue weighted by atomic mass is 10.5. The lowest BCUT2D eigenvalue weighted by Gasteiger charge is -2.14. The first kappa shape index (κ1) is 12.3. The number of likely N-dealkylation sites (N-methyl/N-ethyl adjacent to an activating group) is 1. The largest absolute Gasteiger partial charge is 0.468 e. The molecule has 1 N–H and O–H groups in total. The number of rotatable bonds is 7. The molecule has 0 spiro atoms. The summed E-state index contributed by atoms with van der Waals surface area (Å²) in [6.45, 7) is 1.79. The molecule has 0 atom stereocenters. The van der Waals surface area contributed by atoms with Gasteiger partial charge in [-0.25, -0.2) is 0 Å². The Morgan fingerprint density at radius 1 is 1.46 bits per heavy atom. The molecular formula is C8H17NO4. The van der Waals surface area contributed by atoms with E-state index in [4.69, 9.17) is 9.84 Å². The molecule has 0 radical (unpaired) electrons. The summed E-state index contributed by atoms with van der Waals surface area (Å²) in [5.74, 6) is -0.260. The average Bonchev–Trinajstić information content (AvgIpc) is 2.12. The molecule has 0 aromatic rings. The molecule has 0 aliphatic carbocycles. The molecule has 0 saturated heterocycles. The van der Waals surface area contributed by atoms with Crippen LogP contribution in [-0.2, 0) is 14.3 Å². The van der Waals surface area contributed by atoms with Crippen LogP contribution in [0.4, 0.5) is 0 Å². The van der Waals surface area contributed by atoms with Crippen LogP contribution in [0.5, 0.6) is 0 Å². The second-order valence-corrected chi connectivity index (χ2v) is 2.65. The van der Waals surface area contributed by atoms with Crippen LogP contribution < -0.4 is 0 Å². The molecule has 0 aliphatic heterocycles. The van der Waals surface area contributed by atoms with E-state index < -0.39 is 0 Å². The number of carbonyl (C=O) groups is 1. The van der Waals surface area contributed by atoms with Gasteiger partial charge in [-0.2, -0.15) is 0 Å². The highest BCUT2D eigenvalue weighted by Gasteiger charge is 2.04. The molecule has 5 nitrogen and oxygen atoms in total. The Labute approximate surface area is 78.2 Å². The van der Waals surface area contributed by atoms with Crippen LogP contribution in [0.15, 0.2) is 0 Å². The smallest absolute Gasteiger partial charge is 0.319 e. The summed E-state index contributed by atoms with van der Waals surface area (Å²) in [6.07, 6.45) is 0. The maximum Gasteiger partial charge on any atom is 0.319 e. The Kier molecular flexibility index (Phi) is 7.57. The number of carbonyl (C=O) groups excluding carboxylic acids is 1. The summed E-state index contributed by atoms with van der Waals surface area (Å²) in [6, 6.07) is 0. The maximum atomic E-state index is 10.8. The minimum Gasteiger partial charge on any atom is -0.468 e. The molecule has 0 bridgehead atoms. The van der Waals surface area contributed by atoms with Crippen molar-refractivity contribution in [3.8, 4) is 0 Å². The molecule has 0 rings (SSSR count). The molecule has 0 unspecified atom stereocenters. The minimum atomic E-state index is -0.260. The van der Waals surface area contributed by atoms with Crippen molar-refractivity contribution in [2.24, 2.45) is 0 Å². The molecular weight excluding hydrogens is 174 g/mol. The summed E-state index contributed by atoms with van der Waals surface area (Å²) >= 11 is 0.